The average Bonchev–Trinajstić information content (AvgIpc) is 3.25. The number of fused-ring (bicyclic) bond motifs is 1. The van der Waals surface area contributed by atoms with E-state index in [0.717, 1.165) is 23.4 Å². The number of amides is 1. The number of rotatable bonds is 7. The summed E-state index contributed by atoms with van der Waals surface area (Å²) in [7, 11) is 1.72. The van der Waals surface area contributed by atoms with Gasteiger partial charge in [-0.05, 0) is 11.6 Å². The molecule has 1 amide bonds. The van der Waals surface area contributed by atoms with Crippen molar-refractivity contribution in [2.45, 2.75) is 13.0 Å². The first-order valence-corrected chi connectivity index (χ1v) is 9.79. The van der Waals surface area contributed by atoms with E-state index in [2.05, 4.69) is 0 Å². The Bertz CT molecular complexity index is 809. The van der Waals surface area contributed by atoms with Crippen LogP contribution in [0.1, 0.15) is 11.1 Å². The first kappa shape index (κ1) is 19.0. The Morgan fingerprint density at radius 2 is 1.96 bits per heavy atom. The molecule has 0 saturated carbocycles. The molecule has 2 aliphatic rings. The summed E-state index contributed by atoms with van der Waals surface area (Å²) in [5.74, 6) is 1.27. The van der Waals surface area contributed by atoms with E-state index in [0.29, 0.717) is 45.3 Å². The third-order valence-corrected chi connectivity index (χ3v) is 5.86. The molecule has 0 spiro atoms. The van der Waals surface area contributed by atoms with Gasteiger partial charge in [0.1, 0.15) is 12.4 Å². The van der Waals surface area contributed by atoms with Crippen molar-refractivity contribution in [3.05, 3.63) is 65.7 Å². The Morgan fingerprint density at radius 1 is 1.18 bits per heavy atom. The van der Waals surface area contributed by atoms with Gasteiger partial charge in [0.25, 0.3) is 0 Å². The number of hydrogen-bond donors (Lipinski definition) is 0. The number of methoxy groups -OCH3 is 1. The molecule has 4 rings (SSSR count). The van der Waals surface area contributed by atoms with Crippen LogP contribution in [-0.4, -0.2) is 50.8 Å². The minimum atomic E-state index is -0.0479. The molecular formula is C23H27NO4. The fourth-order valence-corrected chi connectivity index (χ4v) is 4.31. The maximum atomic E-state index is 13.0. The number of carbonyl (C=O) groups excluding carboxylic acids is 1. The summed E-state index contributed by atoms with van der Waals surface area (Å²) in [6, 6.07) is 17.9. The second kappa shape index (κ2) is 8.33. The van der Waals surface area contributed by atoms with Gasteiger partial charge in [-0.15, -0.1) is 0 Å². The van der Waals surface area contributed by atoms with E-state index < -0.39 is 0 Å². The molecular weight excluding hydrogens is 354 g/mol. The Hall–Kier alpha value is -2.37. The molecule has 2 atom stereocenters. The zero-order valence-corrected chi connectivity index (χ0v) is 16.3. The Labute approximate surface area is 166 Å². The molecule has 2 aromatic rings. The lowest BCUT2D eigenvalue weighted by Crippen LogP contribution is -2.37. The van der Waals surface area contributed by atoms with Gasteiger partial charge in [0.2, 0.25) is 5.91 Å². The number of nitrogens with zero attached hydrogens (tertiary/aromatic N) is 1. The highest BCUT2D eigenvalue weighted by molar-refractivity contribution is 5.80. The van der Waals surface area contributed by atoms with E-state index in [-0.39, 0.29) is 11.3 Å². The van der Waals surface area contributed by atoms with Crippen molar-refractivity contribution in [2.24, 2.45) is 11.3 Å². The molecule has 5 heteroatoms. The summed E-state index contributed by atoms with van der Waals surface area (Å²) in [5, 5.41) is 0. The SMILES string of the molecule is COC[C@@]12COC[C@@H]1CN(C(=O)Cc1ccccc1OCc1ccccc1)C2. The highest BCUT2D eigenvalue weighted by atomic mass is 16.5. The molecule has 5 nitrogen and oxygen atoms in total. The normalized spacial score (nSPS) is 23.6. The van der Waals surface area contributed by atoms with Gasteiger partial charge in [0.05, 0.1) is 26.2 Å². The molecule has 0 radical (unpaired) electrons. The molecule has 2 aliphatic heterocycles. The predicted octanol–water partition coefficient (Wildman–Crippen LogP) is 2.93. The zero-order valence-electron chi connectivity index (χ0n) is 16.3. The van der Waals surface area contributed by atoms with Gasteiger partial charge in [-0.3, -0.25) is 4.79 Å². The van der Waals surface area contributed by atoms with Crippen molar-refractivity contribution < 1.29 is 19.0 Å². The Balaban J connectivity index is 1.41. The van der Waals surface area contributed by atoms with Crippen molar-refractivity contribution in [2.75, 3.05) is 40.0 Å². The zero-order chi connectivity index (χ0) is 19.4. The molecule has 0 unspecified atom stereocenters. The molecule has 0 aromatic heterocycles. The summed E-state index contributed by atoms with van der Waals surface area (Å²) in [5.41, 5.74) is 1.99. The summed E-state index contributed by atoms with van der Waals surface area (Å²) in [4.78, 5) is 15.0. The highest BCUT2D eigenvalue weighted by Crippen LogP contribution is 2.41. The van der Waals surface area contributed by atoms with Crippen LogP contribution in [0, 0.1) is 11.3 Å². The van der Waals surface area contributed by atoms with Crippen molar-refractivity contribution in [3.8, 4) is 5.75 Å². The van der Waals surface area contributed by atoms with Crippen molar-refractivity contribution in [1.29, 1.82) is 0 Å². The monoisotopic (exact) mass is 381 g/mol. The molecule has 0 aliphatic carbocycles. The fraction of sp³-hybridized carbons (Fsp3) is 0.435. The maximum absolute atomic E-state index is 13.0. The first-order chi connectivity index (χ1) is 13.7. The maximum Gasteiger partial charge on any atom is 0.227 e. The molecule has 0 N–H and O–H groups in total. The topological polar surface area (TPSA) is 48.0 Å². The van der Waals surface area contributed by atoms with Crippen LogP contribution in [0.3, 0.4) is 0 Å². The fourth-order valence-electron chi connectivity index (χ4n) is 4.31. The van der Waals surface area contributed by atoms with Gasteiger partial charge in [-0.1, -0.05) is 48.5 Å². The van der Waals surface area contributed by atoms with Crippen molar-refractivity contribution in [3.63, 3.8) is 0 Å². The number of carbonyl (C=O) groups is 1. The molecule has 2 aromatic carbocycles. The van der Waals surface area contributed by atoms with Crippen molar-refractivity contribution in [1.82, 2.24) is 4.90 Å². The average molecular weight is 381 g/mol. The number of likely N-dealkylation sites (tertiary alicyclic amines) is 1. The van der Waals surface area contributed by atoms with Crippen LogP contribution in [0.25, 0.3) is 0 Å². The van der Waals surface area contributed by atoms with Crippen LogP contribution in [0.15, 0.2) is 54.6 Å². The third kappa shape index (κ3) is 3.91. The van der Waals surface area contributed by atoms with Gasteiger partial charge in [-0.2, -0.15) is 0 Å². The van der Waals surface area contributed by atoms with Gasteiger partial charge >= 0.3 is 0 Å². The quantitative estimate of drug-likeness (QED) is 0.740. The molecule has 2 fully saturated rings. The lowest BCUT2D eigenvalue weighted by Gasteiger charge is -2.26. The summed E-state index contributed by atoms with van der Waals surface area (Å²) >= 11 is 0. The summed E-state index contributed by atoms with van der Waals surface area (Å²) in [6.45, 7) is 3.97. The summed E-state index contributed by atoms with van der Waals surface area (Å²) < 4.78 is 17.1. The van der Waals surface area contributed by atoms with Crippen LogP contribution < -0.4 is 4.74 Å². The van der Waals surface area contributed by atoms with E-state index in [9.17, 15) is 4.79 Å². The molecule has 148 valence electrons. The Kier molecular flexibility index (Phi) is 5.64. The number of para-hydroxylation sites is 1. The van der Waals surface area contributed by atoms with Crippen LogP contribution in [0.4, 0.5) is 0 Å². The third-order valence-electron chi connectivity index (χ3n) is 5.86. The molecule has 28 heavy (non-hydrogen) atoms. The second-order valence-electron chi connectivity index (χ2n) is 7.84. The molecule has 2 saturated heterocycles. The lowest BCUT2D eigenvalue weighted by atomic mass is 9.82. The molecule has 0 bridgehead atoms. The minimum Gasteiger partial charge on any atom is -0.489 e. The molecule has 2 heterocycles. The number of hydrogen-bond acceptors (Lipinski definition) is 4. The van der Waals surface area contributed by atoms with E-state index >= 15 is 0 Å². The van der Waals surface area contributed by atoms with E-state index in [1.807, 2.05) is 59.5 Å². The van der Waals surface area contributed by atoms with E-state index in [1.54, 1.807) is 7.11 Å². The number of benzene rings is 2. The van der Waals surface area contributed by atoms with E-state index in [1.165, 1.54) is 0 Å². The Morgan fingerprint density at radius 3 is 2.79 bits per heavy atom. The van der Waals surface area contributed by atoms with Crippen LogP contribution in [0.2, 0.25) is 0 Å². The van der Waals surface area contributed by atoms with E-state index in [4.69, 9.17) is 14.2 Å². The second-order valence-corrected chi connectivity index (χ2v) is 7.84. The highest BCUT2D eigenvalue weighted by Gasteiger charge is 2.51. The smallest absolute Gasteiger partial charge is 0.227 e. The standard InChI is InChI=1S/C23H27NO4/c1-26-16-23-15-24(12-20(23)14-27-17-23)22(25)11-19-9-5-6-10-21(19)28-13-18-7-3-2-4-8-18/h2-10,20H,11-17H2,1H3/t20-,23-/m0/s1. The van der Waals surface area contributed by atoms with Gasteiger partial charge in [0.15, 0.2) is 0 Å². The summed E-state index contributed by atoms with van der Waals surface area (Å²) in [6.07, 6.45) is 0.349. The predicted molar refractivity (Wildman–Crippen MR) is 106 cm³/mol. The number of ether oxygens (including phenoxy) is 3. The van der Waals surface area contributed by atoms with Gasteiger partial charge < -0.3 is 19.1 Å². The van der Waals surface area contributed by atoms with Crippen LogP contribution in [-0.2, 0) is 27.3 Å². The lowest BCUT2D eigenvalue weighted by molar-refractivity contribution is -0.130. The van der Waals surface area contributed by atoms with Crippen LogP contribution >= 0.6 is 0 Å². The van der Waals surface area contributed by atoms with Gasteiger partial charge in [0, 0.05) is 37.1 Å². The van der Waals surface area contributed by atoms with Gasteiger partial charge in [-0.25, -0.2) is 0 Å². The first-order valence-electron chi connectivity index (χ1n) is 9.79. The van der Waals surface area contributed by atoms with Crippen molar-refractivity contribution >= 4 is 5.91 Å². The van der Waals surface area contributed by atoms with Crippen LogP contribution in [0.5, 0.6) is 5.75 Å². The largest absolute Gasteiger partial charge is 0.489 e. The minimum absolute atomic E-state index is 0.0479.